The molecule has 0 saturated heterocycles. The fourth-order valence-electron chi connectivity index (χ4n) is 2.45. The number of hydrogen-bond acceptors (Lipinski definition) is 5. The van der Waals surface area contributed by atoms with Crippen LogP contribution in [0.5, 0.6) is 17.2 Å². The molecule has 1 aliphatic heterocycles. The van der Waals surface area contributed by atoms with Gasteiger partial charge in [0.1, 0.15) is 17.2 Å². The van der Waals surface area contributed by atoms with E-state index < -0.39 is 0 Å². The number of benzene rings is 2. The Hall–Kier alpha value is -2.73. The minimum atomic E-state index is -0.0747. The zero-order chi connectivity index (χ0) is 22.4. The molecule has 0 bridgehead atoms. The predicted octanol–water partition coefficient (Wildman–Crippen LogP) is 5.56. The standard InChI is InChI=1S/C19H19ClN2O4.2C2H6/c20-16-12-13(17-7-9-19(24)22-21-17)2-8-18(16)26-11-1-10-25-15-5-3-14(23)4-6-15;2*1-2/h2-6,8,12,23H,1,7,9-11H2,(H,22,24);2*1-2H3. The van der Waals surface area contributed by atoms with Crippen LogP contribution in [-0.2, 0) is 4.79 Å². The van der Waals surface area contributed by atoms with Gasteiger partial charge in [0.2, 0.25) is 5.91 Å². The number of amides is 1. The molecule has 6 nitrogen and oxygen atoms in total. The largest absolute Gasteiger partial charge is 0.508 e. The molecule has 0 atom stereocenters. The normalized spacial score (nSPS) is 12.3. The molecule has 0 aliphatic carbocycles. The maximum Gasteiger partial charge on any atom is 0.240 e. The van der Waals surface area contributed by atoms with Crippen LogP contribution in [0.25, 0.3) is 0 Å². The van der Waals surface area contributed by atoms with Crippen LogP contribution >= 0.6 is 11.6 Å². The van der Waals surface area contributed by atoms with E-state index in [1.165, 1.54) is 0 Å². The van der Waals surface area contributed by atoms with Crippen LogP contribution in [0.3, 0.4) is 0 Å². The van der Waals surface area contributed by atoms with Gasteiger partial charge >= 0.3 is 0 Å². The number of aromatic hydroxyl groups is 1. The Bertz CT molecular complexity index is 807. The number of nitrogens with one attached hydrogen (secondary N) is 1. The molecule has 164 valence electrons. The number of hydrazone groups is 1. The molecule has 1 aliphatic rings. The maximum atomic E-state index is 11.2. The van der Waals surface area contributed by atoms with Crippen LogP contribution in [0, 0.1) is 0 Å². The van der Waals surface area contributed by atoms with E-state index in [1.54, 1.807) is 36.4 Å². The molecule has 30 heavy (non-hydrogen) atoms. The Labute approximate surface area is 183 Å². The first-order valence-electron chi connectivity index (χ1n) is 10.3. The van der Waals surface area contributed by atoms with Crippen molar-refractivity contribution >= 4 is 23.2 Å². The summed E-state index contributed by atoms with van der Waals surface area (Å²) in [6.07, 6.45) is 1.71. The van der Waals surface area contributed by atoms with Crippen molar-refractivity contribution in [3.05, 3.63) is 53.1 Å². The van der Waals surface area contributed by atoms with Gasteiger partial charge in [-0.05, 0) is 48.0 Å². The Morgan fingerprint density at radius 2 is 1.67 bits per heavy atom. The lowest BCUT2D eigenvalue weighted by Gasteiger charge is -2.14. The summed E-state index contributed by atoms with van der Waals surface area (Å²) >= 11 is 6.28. The maximum absolute atomic E-state index is 11.2. The molecule has 2 aromatic carbocycles. The number of carbonyl (C=O) groups is 1. The molecule has 0 aromatic heterocycles. The number of nitrogens with zero attached hydrogens (tertiary/aromatic N) is 1. The summed E-state index contributed by atoms with van der Waals surface area (Å²) in [6, 6.07) is 12.1. The first-order chi connectivity index (χ1) is 14.6. The fraction of sp³-hybridized carbons (Fsp3) is 0.391. The van der Waals surface area contributed by atoms with E-state index in [-0.39, 0.29) is 11.7 Å². The quantitative estimate of drug-likeness (QED) is 0.559. The van der Waals surface area contributed by atoms with Gasteiger partial charge in [-0.25, -0.2) is 5.43 Å². The van der Waals surface area contributed by atoms with Gasteiger partial charge in [0.15, 0.2) is 0 Å². The SMILES string of the molecule is CC.CC.O=C1CCC(c2ccc(OCCCOc3ccc(O)cc3)c(Cl)c2)=NN1. The van der Waals surface area contributed by atoms with Crippen molar-refractivity contribution in [2.75, 3.05) is 13.2 Å². The number of hydrogen-bond donors (Lipinski definition) is 2. The summed E-state index contributed by atoms with van der Waals surface area (Å²) in [4.78, 5) is 11.2. The lowest BCUT2D eigenvalue weighted by Crippen LogP contribution is -2.25. The monoisotopic (exact) mass is 434 g/mol. The molecule has 0 saturated carbocycles. The van der Waals surface area contributed by atoms with Gasteiger partial charge in [-0.2, -0.15) is 5.10 Å². The molecule has 2 N–H and O–H groups in total. The smallest absolute Gasteiger partial charge is 0.240 e. The summed E-state index contributed by atoms with van der Waals surface area (Å²) in [7, 11) is 0. The summed E-state index contributed by atoms with van der Waals surface area (Å²) in [5.74, 6) is 1.43. The third-order valence-electron chi connectivity index (χ3n) is 3.82. The lowest BCUT2D eigenvalue weighted by atomic mass is 10.0. The topological polar surface area (TPSA) is 80.2 Å². The Morgan fingerprint density at radius 1 is 1.00 bits per heavy atom. The van der Waals surface area contributed by atoms with E-state index >= 15 is 0 Å². The average molecular weight is 435 g/mol. The minimum absolute atomic E-state index is 0.0747. The number of carbonyl (C=O) groups excluding carboxylic acids is 1. The van der Waals surface area contributed by atoms with E-state index in [0.717, 1.165) is 11.3 Å². The second-order valence-electron chi connectivity index (χ2n) is 5.78. The van der Waals surface area contributed by atoms with Crippen LogP contribution in [-0.4, -0.2) is 29.9 Å². The van der Waals surface area contributed by atoms with Gasteiger partial charge < -0.3 is 14.6 Å². The molecule has 1 amide bonds. The van der Waals surface area contributed by atoms with Crippen LogP contribution in [0.1, 0.15) is 52.5 Å². The van der Waals surface area contributed by atoms with Crippen molar-refractivity contribution in [2.24, 2.45) is 5.10 Å². The summed E-state index contributed by atoms with van der Waals surface area (Å²) in [5.41, 5.74) is 4.16. The third-order valence-corrected chi connectivity index (χ3v) is 4.12. The van der Waals surface area contributed by atoms with Gasteiger partial charge in [0.05, 0.1) is 23.9 Å². The predicted molar refractivity (Wildman–Crippen MR) is 122 cm³/mol. The van der Waals surface area contributed by atoms with Crippen LogP contribution in [0.15, 0.2) is 47.6 Å². The van der Waals surface area contributed by atoms with Crippen molar-refractivity contribution in [1.29, 1.82) is 0 Å². The van der Waals surface area contributed by atoms with E-state index in [4.69, 9.17) is 21.1 Å². The van der Waals surface area contributed by atoms with E-state index in [2.05, 4.69) is 10.5 Å². The summed E-state index contributed by atoms with van der Waals surface area (Å²) in [6.45, 7) is 8.96. The number of rotatable bonds is 7. The minimum Gasteiger partial charge on any atom is -0.508 e. The van der Waals surface area contributed by atoms with E-state index in [9.17, 15) is 9.90 Å². The Kier molecular flexibility index (Phi) is 12.0. The molecular weight excluding hydrogens is 404 g/mol. The van der Waals surface area contributed by atoms with Gasteiger partial charge in [0, 0.05) is 19.3 Å². The number of phenols is 1. The molecule has 0 fully saturated rings. The van der Waals surface area contributed by atoms with Gasteiger partial charge in [-0.3, -0.25) is 4.79 Å². The Morgan fingerprint density at radius 3 is 2.27 bits per heavy atom. The number of phenolic OH excluding ortho intramolecular Hbond substituents is 1. The van der Waals surface area contributed by atoms with Crippen molar-refractivity contribution in [2.45, 2.75) is 47.0 Å². The highest BCUT2D eigenvalue weighted by Gasteiger charge is 2.14. The molecule has 7 heteroatoms. The van der Waals surface area contributed by atoms with Crippen molar-refractivity contribution in [1.82, 2.24) is 5.43 Å². The fourth-order valence-corrected chi connectivity index (χ4v) is 2.69. The highest BCUT2D eigenvalue weighted by molar-refractivity contribution is 6.32. The summed E-state index contributed by atoms with van der Waals surface area (Å²) in [5, 5.41) is 13.8. The highest BCUT2D eigenvalue weighted by Crippen LogP contribution is 2.27. The number of ether oxygens (including phenoxy) is 2. The zero-order valence-corrected chi connectivity index (χ0v) is 18.8. The lowest BCUT2D eigenvalue weighted by molar-refractivity contribution is -0.121. The van der Waals surface area contributed by atoms with Crippen molar-refractivity contribution < 1.29 is 19.4 Å². The van der Waals surface area contributed by atoms with Crippen LogP contribution in [0.4, 0.5) is 0 Å². The van der Waals surface area contributed by atoms with Gasteiger partial charge in [-0.15, -0.1) is 0 Å². The molecule has 3 rings (SSSR count). The first-order valence-corrected chi connectivity index (χ1v) is 10.7. The molecule has 0 radical (unpaired) electrons. The van der Waals surface area contributed by atoms with Crippen LogP contribution < -0.4 is 14.9 Å². The number of halogens is 1. The Balaban J connectivity index is 0.00000106. The molecule has 1 heterocycles. The molecular formula is C23H31ClN2O4. The summed E-state index contributed by atoms with van der Waals surface area (Å²) < 4.78 is 11.3. The van der Waals surface area contributed by atoms with E-state index in [0.29, 0.717) is 49.0 Å². The average Bonchev–Trinajstić information content (AvgIpc) is 2.79. The zero-order valence-electron chi connectivity index (χ0n) is 18.1. The second kappa shape index (κ2) is 14.3. The van der Waals surface area contributed by atoms with Gasteiger partial charge in [-0.1, -0.05) is 39.3 Å². The van der Waals surface area contributed by atoms with Crippen molar-refractivity contribution in [3.63, 3.8) is 0 Å². The first kappa shape index (κ1) is 25.3. The third kappa shape index (κ3) is 8.33. The van der Waals surface area contributed by atoms with Gasteiger partial charge in [0.25, 0.3) is 0 Å². The molecule has 2 aromatic rings. The van der Waals surface area contributed by atoms with Crippen LogP contribution in [0.2, 0.25) is 5.02 Å². The highest BCUT2D eigenvalue weighted by atomic mass is 35.5. The van der Waals surface area contributed by atoms with E-state index in [1.807, 2.05) is 33.8 Å². The second-order valence-corrected chi connectivity index (χ2v) is 6.19. The molecule has 0 spiro atoms. The van der Waals surface area contributed by atoms with Crippen molar-refractivity contribution in [3.8, 4) is 17.2 Å². The molecule has 0 unspecified atom stereocenters.